The number of aryl methyl sites for hydroxylation is 1. The van der Waals surface area contributed by atoms with E-state index in [1.54, 1.807) is 0 Å². The maximum atomic E-state index is 13.3. The van der Waals surface area contributed by atoms with Crippen LogP contribution in [0.4, 0.5) is 10.1 Å². The van der Waals surface area contributed by atoms with Crippen molar-refractivity contribution in [2.24, 2.45) is 4.99 Å². The monoisotopic (exact) mass is 384 g/mol. The highest BCUT2D eigenvalue weighted by Gasteiger charge is 2.20. The van der Waals surface area contributed by atoms with Crippen LogP contribution >= 0.6 is 0 Å². The van der Waals surface area contributed by atoms with Gasteiger partial charge >= 0.3 is 0 Å². The molecular formula is C25H21FN2O. The fourth-order valence-corrected chi connectivity index (χ4v) is 3.50. The van der Waals surface area contributed by atoms with Gasteiger partial charge in [0.1, 0.15) is 5.82 Å². The lowest BCUT2D eigenvalue weighted by molar-refractivity contribution is 0.103. The number of pyridine rings is 1. The Labute approximate surface area is 169 Å². The van der Waals surface area contributed by atoms with Crippen molar-refractivity contribution in [2.75, 3.05) is 0 Å². The Kier molecular flexibility index (Phi) is 5.09. The smallest absolute Gasteiger partial charge is 0.210 e. The van der Waals surface area contributed by atoms with Crippen LogP contribution in [0.25, 0.3) is 5.52 Å². The molecule has 2 heterocycles. The standard InChI is InChI=1S/C25H21FN2O/c1-3-18-7-13-21(14-8-18)27-16-22-17(2)24(28-15-5-4-6-23(22)28)25(29)19-9-11-20(26)12-10-19/h4-16H,3H2,1-2H3. The maximum Gasteiger partial charge on any atom is 0.210 e. The van der Waals surface area contributed by atoms with Crippen molar-refractivity contribution in [3.63, 3.8) is 0 Å². The second-order valence-electron chi connectivity index (χ2n) is 6.96. The van der Waals surface area contributed by atoms with Gasteiger partial charge in [-0.15, -0.1) is 0 Å². The van der Waals surface area contributed by atoms with Crippen LogP contribution in [-0.2, 0) is 6.42 Å². The Bertz CT molecular complexity index is 1200. The number of nitrogens with zero attached hydrogens (tertiary/aromatic N) is 2. The first kappa shape index (κ1) is 18.8. The average Bonchev–Trinajstić information content (AvgIpc) is 3.04. The number of fused-ring (bicyclic) bond motifs is 1. The second-order valence-corrected chi connectivity index (χ2v) is 6.96. The molecule has 4 heteroatoms. The van der Waals surface area contributed by atoms with E-state index in [2.05, 4.69) is 24.0 Å². The minimum Gasteiger partial charge on any atom is -0.313 e. The lowest BCUT2D eigenvalue weighted by Crippen LogP contribution is -2.07. The number of aliphatic imine (C=N–C) groups is 1. The summed E-state index contributed by atoms with van der Waals surface area (Å²) in [6, 6.07) is 19.6. The number of carbonyl (C=O) groups is 1. The van der Waals surface area contributed by atoms with Crippen molar-refractivity contribution < 1.29 is 9.18 Å². The van der Waals surface area contributed by atoms with Crippen LogP contribution in [0.15, 0.2) is 77.9 Å². The van der Waals surface area contributed by atoms with Gasteiger partial charge in [-0.25, -0.2) is 4.39 Å². The fraction of sp³-hybridized carbons (Fsp3) is 0.120. The first-order valence-corrected chi connectivity index (χ1v) is 9.61. The summed E-state index contributed by atoms with van der Waals surface area (Å²) in [4.78, 5) is 17.8. The molecule has 29 heavy (non-hydrogen) atoms. The lowest BCUT2D eigenvalue weighted by Gasteiger charge is -2.04. The normalized spacial score (nSPS) is 11.4. The van der Waals surface area contributed by atoms with Crippen LogP contribution in [0.2, 0.25) is 0 Å². The van der Waals surface area contributed by atoms with Crippen LogP contribution in [0.1, 0.15) is 39.7 Å². The highest BCUT2D eigenvalue weighted by Crippen LogP contribution is 2.25. The molecule has 2 aromatic heterocycles. The van der Waals surface area contributed by atoms with Gasteiger partial charge in [0.2, 0.25) is 5.78 Å². The SMILES string of the molecule is CCc1ccc(N=Cc2c(C)c(C(=O)c3ccc(F)cc3)n3ccccc23)cc1. The third-order valence-electron chi connectivity index (χ3n) is 5.14. The number of ketones is 1. The van der Waals surface area contributed by atoms with E-state index in [0.29, 0.717) is 11.3 Å². The molecule has 0 aliphatic heterocycles. The van der Waals surface area contributed by atoms with Crippen LogP contribution in [-0.4, -0.2) is 16.4 Å². The van der Waals surface area contributed by atoms with Crippen molar-refractivity contribution in [1.29, 1.82) is 0 Å². The molecular weight excluding hydrogens is 363 g/mol. The second kappa shape index (κ2) is 7.84. The molecule has 3 nitrogen and oxygen atoms in total. The summed E-state index contributed by atoms with van der Waals surface area (Å²) in [5.74, 6) is -0.504. The summed E-state index contributed by atoms with van der Waals surface area (Å²) in [5, 5.41) is 0. The Hall–Kier alpha value is -3.53. The Morgan fingerprint density at radius 3 is 2.45 bits per heavy atom. The van der Waals surface area contributed by atoms with E-state index in [1.807, 2.05) is 54.1 Å². The third-order valence-corrected chi connectivity index (χ3v) is 5.14. The highest BCUT2D eigenvalue weighted by atomic mass is 19.1. The van der Waals surface area contributed by atoms with E-state index in [-0.39, 0.29) is 11.6 Å². The van der Waals surface area contributed by atoms with Gasteiger partial charge in [0.25, 0.3) is 0 Å². The molecule has 0 unspecified atom stereocenters. The number of hydrogen-bond donors (Lipinski definition) is 0. The molecule has 4 aromatic rings. The first-order valence-electron chi connectivity index (χ1n) is 9.61. The van der Waals surface area contributed by atoms with Gasteiger partial charge in [0.15, 0.2) is 0 Å². The topological polar surface area (TPSA) is 33.8 Å². The van der Waals surface area contributed by atoms with Gasteiger partial charge in [-0.05, 0) is 73.0 Å². The van der Waals surface area contributed by atoms with Crippen LogP contribution in [0.5, 0.6) is 0 Å². The fourth-order valence-electron chi connectivity index (χ4n) is 3.50. The van der Waals surface area contributed by atoms with Gasteiger partial charge in [0, 0.05) is 23.5 Å². The maximum absolute atomic E-state index is 13.3. The molecule has 2 aromatic carbocycles. The van der Waals surface area contributed by atoms with Gasteiger partial charge in [-0.3, -0.25) is 9.79 Å². The van der Waals surface area contributed by atoms with Crippen molar-refractivity contribution in [3.8, 4) is 0 Å². The zero-order valence-electron chi connectivity index (χ0n) is 16.4. The van der Waals surface area contributed by atoms with Gasteiger partial charge in [-0.2, -0.15) is 0 Å². The summed E-state index contributed by atoms with van der Waals surface area (Å²) in [6.45, 7) is 4.04. The van der Waals surface area contributed by atoms with Crippen LogP contribution in [0.3, 0.4) is 0 Å². The molecule has 0 aliphatic rings. The molecule has 144 valence electrons. The summed E-state index contributed by atoms with van der Waals surface area (Å²) in [6.07, 6.45) is 4.67. The number of aromatic nitrogens is 1. The zero-order chi connectivity index (χ0) is 20.4. The summed E-state index contributed by atoms with van der Waals surface area (Å²) in [5.41, 5.74) is 5.80. The van der Waals surface area contributed by atoms with Crippen molar-refractivity contribution in [1.82, 2.24) is 4.40 Å². The Morgan fingerprint density at radius 1 is 1.03 bits per heavy atom. The molecule has 0 bridgehead atoms. The largest absolute Gasteiger partial charge is 0.313 e. The lowest BCUT2D eigenvalue weighted by atomic mass is 10.0. The molecule has 0 radical (unpaired) electrons. The van der Waals surface area contributed by atoms with Crippen LogP contribution in [0, 0.1) is 12.7 Å². The van der Waals surface area contributed by atoms with Crippen molar-refractivity contribution >= 4 is 23.2 Å². The van der Waals surface area contributed by atoms with E-state index >= 15 is 0 Å². The molecule has 0 N–H and O–H groups in total. The molecule has 0 fully saturated rings. The summed E-state index contributed by atoms with van der Waals surface area (Å²) < 4.78 is 15.1. The Morgan fingerprint density at radius 2 is 1.76 bits per heavy atom. The molecule has 0 aliphatic carbocycles. The highest BCUT2D eigenvalue weighted by molar-refractivity contribution is 6.12. The number of benzene rings is 2. The molecule has 4 rings (SSSR count). The molecule has 0 amide bonds. The quantitative estimate of drug-likeness (QED) is 0.310. The predicted molar refractivity (Wildman–Crippen MR) is 115 cm³/mol. The minimum absolute atomic E-state index is 0.143. The first-order chi connectivity index (χ1) is 14.1. The van der Waals surface area contributed by atoms with Crippen LogP contribution < -0.4 is 0 Å². The number of rotatable bonds is 5. The number of carbonyl (C=O) groups excluding carboxylic acids is 1. The minimum atomic E-state index is -0.361. The van der Waals surface area contributed by atoms with Gasteiger partial charge < -0.3 is 4.40 Å². The molecule has 0 atom stereocenters. The number of hydrogen-bond acceptors (Lipinski definition) is 2. The van der Waals surface area contributed by atoms with Gasteiger partial charge in [0.05, 0.1) is 16.9 Å². The van der Waals surface area contributed by atoms with Crippen molar-refractivity contribution in [3.05, 3.63) is 107 Å². The molecule has 0 spiro atoms. The van der Waals surface area contributed by atoms with E-state index in [0.717, 1.165) is 28.8 Å². The summed E-state index contributed by atoms with van der Waals surface area (Å²) in [7, 11) is 0. The number of halogens is 1. The molecule has 0 saturated heterocycles. The van der Waals surface area contributed by atoms with E-state index in [1.165, 1.54) is 29.8 Å². The molecule has 0 saturated carbocycles. The van der Waals surface area contributed by atoms with Gasteiger partial charge in [-0.1, -0.05) is 25.1 Å². The zero-order valence-corrected chi connectivity index (χ0v) is 16.4. The predicted octanol–water partition coefficient (Wildman–Crippen LogP) is 5.93. The average molecular weight is 384 g/mol. The summed E-state index contributed by atoms with van der Waals surface area (Å²) >= 11 is 0. The van der Waals surface area contributed by atoms with E-state index < -0.39 is 0 Å². The van der Waals surface area contributed by atoms with E-state index in [9.17, 15) is 9.18 Å². The van der Waals surface area contributed by atoms with E-state index in [4.69, 9.17) is 0 Å². The Balaban J connectivity index is 1.79. The third kappa shape index (κ3) is 3.61. The van der Waals surface area contributed by atoms with Crippen molar-refractivity contribution in [2.45, 2.75) is 20.3 Å².